The number of β-amino-alcohol motifs (C(OH)–C–C–N with tert-alkyl or cyclic N) is 1. The molecule has 2 nitrogen and oxygen atoms in total. The van der Waals surface area contributed by atoms with Gasteiger partial charge in [-0.3, -0.25) is 4.90 Å². The van der Waals surface area contributed by atoms with Gasteiger partial charge in [-0.25, -0.2) is 0 Å². The molecule has 0 saturated carbocycles. The lowest BCUT2D eigenvalue weighted by Gasteiger charge is -2.33. The second-order valence-electron chi connectivity index (χ2n) is 4.59. The van der Waals surface area contributed by atoms with Gasteiger partial charge in [0.05, 0.1) is 6.10 Å². The molecule has 0 aliphatic carbocycles. The molecule has 0 unspecified atom stereocenters. The number of aliphatic hydroxyl groups excluding tert-OH is 1. The Morgan fingerprint density at radius 3 is 2.88 bits per heavy atom. The van der Waals surface area contributed by atoms with E-state index in [-0.39, 0.29) is 6.10 Å². The van der Waals surface area contributed by atoms with E-state index in [0.717, 1.165) is 31.8 Å². The monoisotopic (exact) mass is 251 g/mol. The van der Waals surface area contributed by atoms with E-state index < -0.39 is 0 Å². The minimum absolute atomic E-state index is 0.172. The molecule has 0 bridgehead atoms. The summed E-state index contributed by atoms with van der Waals surface area (Å²) in [5.41, 5.74) is 1.41. The summed E-state index contributed by atoms with van der Waals surface area (Å²) in [6, 6.07) is 10.7. The zero-order chi connectivity index (χ0) is 12.1. The zero-order valence-electron chi connectivity index (χ0n) is 10.4. The Kier molecular flexibility index (Phi) is 4.89. The number of nitrogens with zero attached hydrogens (tertiary/aromatic N) is 1. The van der Waals surface area contributed by atoms with E-state index >= 15 is 0 Å². The average Bonchev–Trinajstić information content (AvgIpc) is 2.40. The van der Waals surface area contributed by atoms with Gasteiger partial charge in [0.15, 0.2) is 0 Å². The molecular weight excluding hydrogens is 230 g/mol. The smallest absolute Gasteiger partial charge is 0.0664 e. The number of hydrogen-bond donors (Lipinski definition) is 1. The van der Waals surface area contributed by atoms with Gasteiger partial charge in [0.1, 0.15) is 0 Å². The predicted molar refractivity (Wildman–Crippen MR) is 74.4 cm³/mol. The van der Waals surface area contributed by atoms with Crippen LogP contribution in [0, 0.1) is 0 Å². The fourth-order valence-corrected chi connectivity index (χ4v) is 3.48. The second-order valence-corrected chi connectivity index (χ2v) is 5.90. The van der Waals surface area contributed by atoms with Crippen molar-refractivity contribution in [1.29, 1.82) is 0 Å². The van der Waals surface area contributed by atoms with Crippen LogP contribution in [-0.4, -0.2) is 41.5 Å². The van der Waals surface area contributed by atoms with Gasteiger partial charge in [-0.2, -0.15) is 11.8 Å². The van der Waals surface area contributed by atoms with Crippen molar-refractivity contribution < 1.29 is 5.11 Å². The molecule has 0 amide bonds. The standard InChI is InChI=1S/C14H21NOS/c1-2-13(16)10-15-8-9-17-14(11-15)12-6-4-3-5-7-12/h3-7,13-14,16H,2,8-11H2,1H3/t13-,14-/m0/s1. The van der Waals surface area contributed by atoms with Crippen molar-refractivity contribution in [3.05, 3.63) is 35.9 Å². The molecule has 1 aliphatic rings. The first-order valence-electron chi connectivity index (χ1n) is 6.36. The van der Waals surface area contributed by atoms with Crippen LogP contribution in [0.25, 0.3) is 0 Å². The summed E-state index contributed by atoms with van der Waals surface area (Å²) in [7, 11) is 0. The molecule has 1 saturated heterocycles. The van der Waals surface area contributed by atoms with Gasteiger partial charge in [0, 0.05) is 30.6 Å². The fourth-order valence-electron chi connectivity index (χ4n) is 2.16. The molecule has 1 aromatic carbocycles. The molecule has 1 N–H and O–H groups in total. The second kappa shape index (κ2) is 6.43. The molecule has 1 heterocycles. The molecule has 1 aromatic rings. The summed E-state index contributed by atoms with van der Waals surface area (Å²) >= 11 is 2.03. The third kappa shape index (κ3) is 3.73. The first-order valence-corrected chi connectivity index (χ1v) is 7.41. The largest absolute Gasteiger partial charge is 0.392 e. The average molecular weight is 251 g/mol. The molecule has 3 heteroatoms. The first-order chi connectivity index (χ1) is 8.29. The van der Waals surface area contributed by atoms with Crippen molar-refractivity contribution in [1.82, 2.24) is 4.90 Å². The van der Waals surface area contributed by atoms with E-state index in [1.54, 1.807) is 0 Å². The van der Waals surface area contributed by atoms with Crippen LogP contribution in [0.5, 0.6) is 0 Å². The van der Waals surface area contributed by atoms with Crippen molar-refractivity contribution in [2.24, 2.45) is 0 Å². The third-order valence-corrected chi connectivity index (χ3v) is 4.50. The highest BCUT2D eigenvalue weighted by Gasteiger charge is 2.22. The Morgan fingerprint density at radius 2 is 2.18 bits per heavy atom. The molecule has 94 valence electrons. The van der Waals surface area contributed by atoms with Crippen LogP contribution < -0.4 is 0 Å². The first kappa shape index (κ1) is 12.9. The molecule has 2 rings (SSSR count). The van der Waals surface area contributed by atoms with Crippen molar-refractivity contribution in [3.63, 3.8) is 0 Å². The van der Waals surface area contributed by atoms with Crippen molar-refractivity contribution in [2.45, 2.75) is 24.7 Å². The highest BCUT2D eigenvalue weighted by Crippen LogP contribution is 2.32. The van der Waals surface area contributed by atoms with Crippen LogP contribution in [0.3, 0.4) is 0 Å². The summed E-state index contributed by atoms with van der Waals surface area (Å²) < 4.78 is 0. The van der Waals surface area contributed by atoms with Gasteiger partial charge in [-0.05, 0) is 12.0 Å². The van der Waals surface area contributed by atoms with Crippen LogP contribution in [0.2, 0.25) is 0 Å². The van der Waals surface area contributed by atoms with Gasteiger partial charge in [-0.15, -0.1) is 0 Å². The number of benzene rings is 1. The summed E-state index contributed by atoms with van der Waals surface area (Å²) in [5.74, 6) is 1.16. The lowest BCUT2D eigenvalue weighted by Crippen LogP contribution is -2.39. The quantitative estimate of drug-likeness (QED) is 0.889. The maximum atomic E-state index is 9.72. The van der Waals surface area contributed by atoms with E-state index in [1.807, 2.05) is 18.7 Å². The van der Waals surface area contributed by atoms with E-state index in [9.17, 15) is 5.11 Å². The van der Waals surface area contributed by atoms with Gasteiger partial charge in [0.25, 0.3) is 0 Å². The normalized spacial score (nSPS) is 23.5. The van der Waals surface area contributed by atoms with E-state index in [4.69, 9.17) is 0 Å². The van der Waals surface area contributed by atoms with Crippen LogP contribution in [0.15, 0.2) is 30.3 Å². The lowest BCUT2D eigenvalue weighted by atomic mass is 10.1. The van der Waals surface area contributed by atoms with E-state index in [0.29, 0.717) is 5.25 Å². The maximum Gasteiger partial charge on any atom is 0.0664 e. The third-order valence-electron chi connectivity index (χ3n) is 3.26. The van der Waals surface area contributed by atoms with Crippen molar-refractivity contribution >= 4 is 11.8 Å². The fraction of sp³-hybridized carbons (Fsp3) is 0.571. The summed E-state index contributed by atoms with van der Waals surface area (Å²) in [5, 5.41) is 10.3. The topological polar surface area (TPSA) is 23.5 Å². The molecule has 17 heavy (non-hydrogen) atoms. The van der Waals surface area contributed by atoms with E-state index in [1.165, 1.54) is 5.56 Å². The van der Waals surface area contributed by atoms with E-state index in [2.05, 4.69) is 35.2 Å². The Balaban J connectivity index is 1.93. The summed E-state index contributed by atoms with van der Waals surface area (Å²) in [6.45, 7) is 5.02. The number of hydrogen-bond acceptors (Lipinski definition) is 3. The molecule has 0 radical (unpaired) electrons. The molecular formula is C14H21NOS. The van der Waals surface area contributed by atoms with Gasteiger partial charge in [0.2, 0.25) is 0 Å². The van der Waals surface area contributed by atoms with Crippen molar-refractivity contribution in [2.75, 3.05) is 25.4 Å². The van der Waals surface area contributed by atoms with Crippen LogP contribution in [-0.2, 0) is 0 Å². The molecule has 1 fully saturated rings. The Morgan fingerprint density at radius 1 is 1.41 bits per heavy atom. The Bertz CT molecular complexity index is 330. The predicted octanol–water partition coefficient (Wildman–Crippen LogP) is 2.55. The number of aliphatic hydroxyl groups is 1. The minimum atomic E-state index is -0.172. The van der Waals surface area contributed by atoms with Crippen LogP contribution >= 0.6 is 11.8 Å². The van der Waals surface area contributed by atoms with Crippen molar-refractivity contribution in [3.8, 4) is 0 Å². The highest BCUT2D eigenvalue weighted by atomic mass is 32.2. The molecule has 2 atom stereocenters. The molecule has 0 aromatic heterocycles. The molecule has 1 aliphatic heterocycles. The number of thioether (sulfide) groups is 1. The lowest BCUT2D eigenvalue weighted by molar-refractivity contribution is 0.111. The SMILES string of the molecule is CC[C@H](O)CN1CCS[C@H](c2ccccc2)C1. The van der Waals surface area contributed by atoms with Gasteiger partial charge >= 0.3 is 0 Å². The van der Waals surface area contributed by atoms with Crippen LogP contribution in [0.4, 0.5) is 0 Å². The highest BCUT2D eigenvalue weighted by molar-refractivity contribution is 7.99. The van der Waals surface area contributed by atoms with Crippen LogP contribution in [0.1, 0.15) is 24.2 Å². The summed E-state index contributed by atoms with van der Waals surface area (Å²) in [6.07, 6.45) is 0.675. The summed E-state index contributed by atoms with van der Waals surface area (Å²) in [4.78, 5) is 2.39. The minimum Gasteiger partial charge on any atom is -0.392 e. The number of rotatable bonds is 4. The van der Waals surface area contributed by atoms with Gasteiger partial charge < -0.3 is 5.11 Å². The van der Waals surface area contributed by atoms with Gasteiger partial charge in [-0.1, -0.05) is 37.3 Å². The Hall–Kier alpha value is -0.510. The Labute approximate surface area is 108 Å². The maximum absolute atomic E-state index is 9.72. The molecule has 0 spiro atoms. The zero-order valence-corrected chi connectivity index (χ0v) is 11.2.